The van der Waals surface area contributed by atoms with Crippen LogP contribution in [0.1, 0.15) is 32.1 Å². The van der Waals surface area contributed by atoms with Crippen LogP contribution in [0.5, 0.6) is 5.75 Å². The first kappa shape index (κ1) is 19.3. The topological polar surface area (TPSA) is 58.1 Å². The highest BCUT2D eigenvalue weighted by atomic mass is 35.5. The first-order valence-corrected chi connectivity index (χ1v) is 11.2. The number of rotatable bonds is 4. The Morgan fingerprint density at radius 1 is 1.31 bits per heavy atom. The molecule has 1 spiro atoms. The average Bonchev–Trinajstić information content (AvgIpc) is 3.32. The molecule has 0 aromatic heterocycles. The minimum atomic E-state index is 0.345. The van der Waals surface area contributed by atoms with E-state index < -0.39 is 0 Å². The molecule has 1 aromatic carbocycles. The summed E-state index contributed by atoms with van der Waals surface area (Å²) in [5.41, 5.74) is 1.42. The zero-order chi connectivity index (χ0) is 20.0. The zero-order valence-corrected chi connectivity index (χ0v) is 18.0. The normalized spacial score (nSPS) is 32.5. The number of nitrogens with zero attached hydrogens (tertiary/aromatic N) is 2. The average molecular weight is 419 g/mol. The Bertz CT molecular complexity index is 797. The summed E-state index contributed by atoms with van der Waals surface area (Å²) in [5, 5.41) is 8.18. The molecular weight excluding hydrogens is 388 g/mol. The van der Waals surface area contributed by atoms with Crippen molar-refractivity contribution in [1.29, 1.82) is 0 Å². The second-order valence-corrected chi connectivity index (χ2v) is 9.35. The van der Waals surface area contributed by atoms with Crippen LogP contribution in [-0.4, -0.2) is 58.0 Å². The van der Waals surface area contributed by atoms with E-state index in [1.807, 2.05) is 25.2 Å². The van der Waals surface area contributed by atoms with Gasteiger partial charge in [0.15, 0.2) is 5.96 Å². The molecule has 4 atom stereocenters. The van der Waals surface area contributed by atoms with Crippen LogP contribution in [0, 0.1) is 11.3 Å². The van der Waals surface area contributed by atoms with Crippen molar-refractivity contribution in [2.75, 3.05) is 38.8 Å². The minimum Gasteiger partial charge on any atom is -0.495 e. The molecule has 2 aliphatic carbocycles. The molecule has 158 valence electrons. The van der Waals surface area contributed by atoms with Crippen molar-refractivity contribution >= 4 is 23.2 Å². The smallest absolute Gasteiger partial charge is 0.191 e. The number of guanidine groups is 1. The van der Waals surface area contributed by atoms with Gasteiger partial charge in [0.2, 0.25) is 0 Å². The van der Waals surface area contributed by atoms with Gasteiger partial charge in [-0.3, -0.25) is 4.99 Å². The van der Waals surface area contributed by atoms with Gasteiger partial charge < -0.3 is 25.0 Å². The summed E-state index contributed by atoms with van der Waals surface area (Å²) in [6.07, 6.45) is 6.61. The van der Waals surface area contributed by atoms with Gasteiger partial charge in [0, 0.05) is 55.2 Å². The summed E-state index contributed by atoms with van der Waals surface area (Å²) in [6.45, 7) is 2.79. The molecule has 2 saturated heterocycles. The summed E-state index contributed by atoms with van der Waals surface area (Å²) in [4.78, 5) is 6.89. The standard InChI is InChI=1S/C22H31ClN4O2/c1-24-21(26-19-16-7-11-29-20(16)22(19)8-3-9-22)25-15-6-10-27(13-15)17-12-14(23)4-5-18(17)28-2/h4-5,12,15-16,19-20H,3,6-11,13H2,1-2H3,(H2,24,25,26). The van der Waals surface area contributed by atoms with Crippen LogP contribution in [-0.2, 0) is 4.74 Å². The lowest BCUT2D eigenvalue weighted by molar-refractivity contribution is -0.171. The maximum atomic E-state index is 6.23. The predicted octanol–water partition coefficient (Wildman–Crippen LogP) is 3.05. The van der Waals surface area contributed by atoms with Crippen molar-refractivity contribution < 1.29 is 9.47 Å². The van der Waals surface area contributed by atoms with Gasteiger partial charge in [0.1, 0.15) is 5.75 Å². The predicted molar refractivity (Wildman–Crippen MR) is 116 cm³/mol. The number of hydrogen-bond acceptors (Lipinski definition) is 4. The number of fused-ring (bicyclic) bond motifs is 2. The highest BCUT2D eigenvalue weighted by molar-refractivity contribution is 6.30. The first-order valence-electron chi connectivity index (χ1n) is 10.8. The van der Waals surface area contributed by atoms with Gasteiger partial charge in [-0.25, -0.2) is 0 Å². The summed E-state index contributed by atoms with van der Waals surface area (Å²) in [6, 6.07) is 6.65. The van der Waals surface area contributed by atoms with E-state index in [-0.39, 0.29) is 0 Å². The Kier molecular flexibility index (Phi) is 5.03. The van der Waals surface area contributed by atoms with Gasteiger partial charge in [-0.1, -0.05) is 18.0 Å². The summed E-state index contributed by atoms with van der Waals surface area (Å²) < 4.78 is 11.6. The van der Waals surface area contributed by atoms with Gasteiger partial charge in [-0.2, -0.15) is 0 Å². The Morgan fingerprint density at radius 3 is 2.90 bits per heavy atom. The van der Waals surface area contributed by atoms with E-state index in [0.717, 1.165) is 48.5 Å². The molecule has 1 aromatic rings. The highest BCUT2D eigenvalue weighted by Crippen LogP contribution is 2.62. The number of ether oxygens (including phenoxy) is 2. The fraction of sp³-hybridized carbons (Fsp3) is 0.682. The second kappa shape index (κ2) is 7.55. The molecule has 0 amide bonds. The fourth-order valence-corrected chi connectivity index (χ4v) is 6.14. The fourth-order valence-electron chi connectivity index (χ4n) is 5.97. The molecule has 5 rings (SSSR count). The van der Waals surface area contributed by atoms with Crippen LogP contribution in [0.25, 0.3) is 0 Å². The van der Waals surface area contributed by atoms with E-state index in [4.69, 9.17) is 21.1 Å². The molecule has 6 nitrogen and oxygen atoms in total. The van der Waals surface area contributed by atoms with Crippen LogP contribution >= 0.6 is 11.6 Å². The summed E-state index contributed by atoms with van der Waals surface area (Å²) >= 11 is 6.23. The molecule has 2 saturated carbocycles. The monoisotopic (exact) mass is 418 g/mol. The molecule has 0 radical (unpaired) electrons. The number of aliphatic imine (C=N–C) groups is 1. The third-order valence-corrected chi connectivity index (χ3v) is 7.80. The van der Waals surface area contributed by atoms with Crippen molar-refractivity contribution in [3.8, 4) is 5.75 Å². The van der Waals surface area contributed by atoms with E-state index in [2.05, 4.69) is 20.5 Å². The van der Waals surface area contributed by atoms with Crippen LogP contribution in [0.3, 0.4) is 0 Å². The molecule has 0 bridgehead atoms. The Morgan fingerprint density at radius 2 is 2.17 bits per heavy atom. The Hall–Kier alpha value is -1.66. The van der Waals surface area contributed by atoms with Crippen LogP contribution in [0.4, 0.5) is 5.69 Å². The first-order chi connectivity index (χ1) is 14.1. The SMILES string of the molecule is CN=C(NC1CCN(c2cc(Cl)ccc2OC)C1)NC1C2CCOC2C12CCC2. The molecule has 4 unspecified atom stereocenters. The van der Waals surface area contributed by atoms with Crippen molar-refractivity contribution in [1.82, 2.24) is 10.6 Å². The molecule has 4 aliphatic rings. The van der Waals surface area contributed by atoms with Crippen molar-refractivity contribution in [2.24, 2.45) is 16.3 Å². The van der Waals surface area contributed by atoms with Gasteiger partial charge in [0.25, 0.3) is 0 Å². The van der Waals surface area contributed by atoms with Crippen molar-refractivity contribution in [3.05, 3.63) is 23.2 Å². The van der Waals surface area contributed by atoms with Crippen LogP contribution in [0.2, 0.25) is 5.02 Å². The van der Waals surface area contributed by atoms with E-state index in [9.17, 15) is 0 Å². The number of hydrogen-bond donors (Lipinski definition) is 2. The van der Waals surface area contributed by atoms with Crippen LogP contribution in [0.15, 0.2) is 23.2 Å². The maximum Gasteiger partial charge on any atom is 0.191 e. The molecule has 4 fully saturated rings. The molecule has 29 heavy (non-hydrogen) atoms. The molecule has 2 N–H and O–H groups in total. The van der Waals surface area contributed by atoms with E-state index in [1.54, 1.807) is 7.11 Å². The molecular formula is C22H31ClN4O2. The Labute approximate surface area is 178 Å². The number of anilines is 1. The number of methoxy groups -OCH3 is 1. The van der Waals surface area contributed by atoms with Crippen LogP contribution < -0.4 is 20.3 Å². The lowest BCUT2D eigenvalue weighted by atomic mass is 9.46. The quantitative estimate of drug-likeness (QED) is 0.581. The lowest BCUT2D eigenvalue weighted by Gasteiger charge is -2.63. The van der Waals surface area contributed by atoms with Crippen molar-refractivity contribution in [2.45, 2.75) is 50.3 Å². The third kappa shape index (κ3) is 3.15. The zero-order valence-electron chi connectivity index (χ0n) is 17.3. The largest absolute Gasteiger partial charge is 0.495 e. The second-order valence-electron chi connectivity index (χ2n) is 8.92. The lowest BCUT2D eigenvalue weighted by Crippen LogP contribution is -2.72. The van der Waals surface area contributed by atoms with E-state index >= 15 is 0 Å². The third-order valence-electron chi connectivity index (χ3n) is 7.56. The Balaban J connectivity index is 1.22. The number of benzene rings is 1. The molecule has 7 heteroatoms. The van der Waals surface area contributed by atoms with Gasteiger partial charge in [-0.15, -0.1) is 0 Å². The van der Waals surface area contributed by atoms with Gasteiger partial charge in [0.05, 0.1) is 18.9 Å². The number of nitrogens with one attached hydrogen (secondary N) is 2. The summed E-state index contributed by atoms with van der Waals surface area (Å²) in [5.74, 6) is 2.44. The minimum absolute atomic E-state index is 0.345. The molecule has 2 heterocycles. The van der Waals surface area contributed by atoms with E-state index in [0.29, 0.717) is 29.5 Å². The van der Waals surface area contributed by atoms with Crippen molar-refractivity contribution in [3.63, 3.8) is 0 Å². The molecule has 2 aliphatic heterocycles. The van der Waals surface area contributed by atoms with Gasteiger partial charge >= 0.3 is 0 Å². The maximum absolute atomic E-state index is 6.23. The summed E-state index contributed by atoms with van der Waals surface area (Å²) in [7, 11) is 3.58. The van der Waals surface area contributed by atoms with E-state index in [1.165, 1.54) is 25.7 Å². The highest BCUT2D eigenvalue weighted by Gasteiger charge is 2.66. The van der Waals surface area contributed by atoms with Gasteiger partial charge in [-0.05, 0) is 43.9 Å². The number of halogens is 1.